The smallest absolute Gasteiger partial charge is 0.257 e. The summed E-state index contributed by atoms with van der Waals surface area (Å²) in [5.41, 5.74) is 4.40. The summed E-state index contributed by atoms with van der Waals surface area (Å²) in [6.45, 7) is 2.93. The maximum Gasteiger partial charge on any atom is 0.257 e. The number of carbonyl (C=O) groups excluding carboxylic acids is 4. The van der Waals surface area contributed by atoms with Gasteiger partial charge in [-0.3, -0.25) is 19.2 Å². The standard InChI is InChI=1S/C43H43N5O6/c1-28(29-11-5-3-6-12-29)42(51)47-25-9-15-35(47)39(49)45-33-21-17-30(18-22-33)37-27-44-41(54-37)32-19-23-34(24-20-32)46-40(50)36-16-10-26-48(36)43(52)38(53-2)31-13-7-4-8-14-31/h3-8,11-14,17-24,27-28,35-36,38H,9-10,15-16,25-26H2,1-2H3,(H,45,49)(H,46,50). The van der Waals surface area contributed by atoms with E-state index in [0.29, 0.717) is 49.0 Å². The van der Waals surface area contributed by atoms with Crippen molar-refractivity contribution in [3.05, 3.63) is 127 Å². The van der Waals surface area contributed by atoms with Gasteiger partial charge in [-0.05, 0) is 92.3 Å². The molecular weight excluding hydrogens is 683 g/mol. The normalized spacial score (nSPS) is 17.9. The molecule has 7 rings (SSSR count). The van der Waals surface area contributed by atoms with E-state index in [2.05, 4.69) is 15.6 Å². The third kappa shape index (κ3) is 7.81. The number of aromatic nitrogens is 1. The van der Waals surface area contributed by atoms with Crippen molar-refractivity contribution in [2.75, 3.05) is 30.8 Å². The zero-order valence-corrected chi connectivity index (χ0v) is 30.3. The molecule has 4 aromatic carbocycles. The van der Waals surface area contributed by atoms with E-state index in [1.807, 2.05) is 91.9 Å². The highest BCUT2D eigenvalue weighted by molar-refractivity contribution is 5.99. The number of likely N-dealkylation sites (tertiary alicyclic amines) is 2. The van der Waals surface area contributed by atoms with Crippen LogP contribution in [0.15, 0.2) is 120 Å². The summed E-state index contributed by atoms with van der Waals surface area (Å²) < 4.78 is 11.6. The fourth-order valence-electron chi connectivity index (χ4n) is 7.30. The Morgan fingerprint density at radius 3 is 1.72 bits per heavy atom. The van der Waals surface area contributed by atoms with E-state index in [0.717, 1.165) is 35.1 Å². The van der Waals surface area contributed by atoms with E-state index in [9.17, 15) is 19.2 Å². The lowest BCUT2D eigenvalue weighted by Crippen LogP contribution is -2.45. The molecule has 5 aromatic rings. The molecule has 2 N–H and O–H groups in total. The van der Waals surface area contributed by atoms with Crippen LogP contribution in [0.3, 0.4) is 0 Å². The highest BCUT2D eigenvalue weighted by Crippen LogP contribution is 2.30. The molecule has 4 unspecified atom stereocenters. The number of amides is 4. The van der Waals surface area contributed by atoms with Crippen LogP contribution in [0.25, 0.3) is 22.8 Å². The van der Waals surface area contributed by atoms with Crippen LogP contribution in [0.5, 0.6) is 0 Å². The summed E-state index contributed by atoms with van der Waals surface area (Å²) in [5.74, 6) is -0.0822. The zero-order chi connectivity index (χ0) is 37.6. The molecule has 0 aliphatic carbocycles. The van der Waals surface area contributed by atoms with Crippen LogP contribution in [-0.2, 0) is 23.9 Å². The van der Waals surface area contributed by atoms with Crippen molar-refractivity contribution in [3.8, 4) is 22.8 Å². The number of rotatable bonds is 11. The summed E-state index contributed by atoms with van der Waals surface area (Å²) in [6, 6.07) is 32.3. The topological polar surface area (TPSA) is 134 Å². The monoisotopic (exact) mass is 725 g/mol. The number of carbonyl (C=O) groups is 4. The van der Waals surface area contributed by atoms with Gasteiger partial charge in [-0.25, -0.2) is 4.98 Å². The van der Waals surface area contributed by atoms with Gasteiger partial charge in [0.2, 0.25) is 23.6 Å². The van der Waals surface area contributed by atoms with Gasteiger partial charge in [0.05, 0.1) is 12.1 Å². The van der Waals surface area contributed by atoms with Crippen molar-refractivity contribution < 1.29 is 28.3 Å². The lowest BCUT2D eigenvalue weighted by Gasteiger charge is -2.27. The predicted molar refractivity (Wildman–Crippen MR) is 205 cm³/mol. The average molecular weight is 726 g/mol. The lowest BCUT2D eigenvalue weighted by molar-refractivity contribution is -0.146. The molecular formula is C43H43N5O6. The number of anilines is 2. The Labute approximate surface area is 314 Å². The Bertz CT molecular complexity index is 2080. The quantitative estimate of drug-likeness (QED) is 0.149. The van der Waals surface area contributed by atoms with Crippen LogP contribution in [0.4, 0.5) is 11.4 Å². The predicted octanol–water partition coefficient (Wildman–Crippen LogP) is 7.06. The first kappa shape index (κ1) is 36.3. The van der Waals surface area contributed by atoms with Gasteiger partial charge in [-0.2, -0.15) is 0 Å². The molecule has 3 heterocycles. The van der Waals surface area contributed by atoms with Gasteiger partial charge in [-0.15, -0.1) is 0 Å². The number of methoxy groups -OCH3 is 1. The van der Waals surface area contributed by atoms with Gasteiger partial charge in [0.15, 0.2) is 11.9 Å². The van der Waals surface area contributed by atoms with Crippen LogP contribution < -0.4 is 10.6 Å². The molecule has 0 saturated carbocycles. The van der Waals surface area contributed by atoms with Crippen LogP contribution >= 0.6 is 0 Å². The summed E-state index contributed by atoms with van der Waals surface area (Å²) in [7, 11) is 1.50. The summed E-state index contributed by atoms with van der Waals surface area (Å²) in [6.07, 6.45) is 3.57. The minimum Gasteiger partial charge on any atom is -0.436 e. The third-order valence-corrected chi connectivity index (χ3v) is 10.3. The highest BCUT2D eigenvalue weighted by atomic mass is 16.5. The minimum atomic E-state index is -0.774. The van der Waals surface area contributed by atoms with Crippen molar-refractivity contribution in [1.82, 2.24) is 14.8 Å². The largest absolute Gasteiger partial charge is 0.436 e. The Hall–Kier alpha value is -6.07. The molecule has 0 radical (unpaired) electrons. The molecule has 11 heteroatoms. The second-order valence-electron chi connectivity index (χ2n) is 13.7. The van der Waals surface area contributed by atoms with Crippen molar-refractivity contribution in [2.45, 2.75) is 56.7 Å². The number of hydrogen-bond acceptors (Lipinski definition) is 7. The van der Waals surface area contributed by atoms with E-state index in [4.69, 9.17) is 9.15 Å². The van der Waals surface area contributed by atoms with Crippen molar-refractivity contribution in [2.24, 2.45) is 0 Å². The second kappa shape index (κ2) is 16.3. The summed E-state index contributed by atoms with van der Waals surface area (Å²) in [5, 5.41) is 5.94. The van der Waals surface area contributed by atoms with Gasteiger partial charge in [0.25, 0.3) is 5.91 Å². The molecule has 11 nitrogen and oxygen atoms in total. The molecule has 54 heavy (non-hydrogen) atoms. The zero-order valence-electron chi connectivity index (χ0n) is 30.3. The SMILES string of the molecule is COC(C(=O)N1CCCC1C(=O)Nc1ccc(-c2ncc(-c3ccc(NC(=O)C4CCCN4C(=O)C(C)c4ccccc4)cc3)o2)cc1)c1ccccc1. The van der Waals surface area contributed by atoms with Crippen LogP contribution in [0.2, 0.25) is 0 Å². The van der Waals surface area contributed by atoms with E-state index in [-0.39, 0.29) is 29.5 Å². The molecule has 2 aliphatic rings. The average Bonchev–Trinajstić information content (AvgIpc) is 4.01. The Balaban J connectivity index is 0.941. The van der Waals surface area contributed by atoms with E-state index >= 15 is 0 Å². The molecule has 4 amide bonds. The number of nitrogens with zero attached hydrogens (tertiary/aromatic N) is 3. The molecule has 2 aliphatic heterocycles. The number of nitrogens with one attached hydrogen (secondary N) is 2. The van der Waals surface area contributed by atoms with Gasteiger partial charge in [0, 0.05) is 42.7 Å². The van der Waals surface area contributed by atoms with Gasteiger partial charge < -0.3 is 29.6 Å². The number of oxazole rings is 1. The van der Waals surface area contributed by atoms with Crippen LogP contribution in [0.1, 0.15) is 55.8 Å². The Morgan fingerprint density at radius 2 is 1.19 bits per heavy atom. The molecule has 2 fully saturated rings. The molecule has 0 bridgehead atoms. The number of benzene rings is 4. The first-order valence-electron chi connectivity index (χ1n) is 18.3. The minimum absolute atomic E-state index is 0.0426. The summed E-state index contributed by atoms with van der Waals surface area (Å²) in [4.78, 5) is 61.2. The third-order valence-electron chi connectivity index (χ3n) is 10.3. The van der Waals surface area contributed by atoms with Gasteiger partial charge in [-0.1, -0.05) is 60.7 Å². The number of ether oxygens (including phenoxy) is 1. The van der Waals surface area contributed by atoms with Gasteiger partial charge >= 0.3 is 0 Å². The van der Waals surface area contributed by atoms with Crippen molar-refractivity contribution in [3.63, 3.8) is 0 Å². The first-order chi connectivity index (χ1) is 26.3. The second-order valence-corrected chi connectivity index (χ2v) is 13.7. The molecule has 276 valence electrons. The van der Waals surface area contributed by atoms with Crippen molar-refractivity contribution in [1.29, 1.82) is 0 Å². The fourth-order valence-corrected chi connectivity index (χ4v) is 7.30. The number of hydrogen-bond donors (Lipinski definition) is 2. The van der Waals surface area contributed by atoms with E-state index in [1.54, 1.807) is 40.3 Å². The van der Waals surface area contributed by atoms with E-state index in [1.165, 1.54) is 7.11 Å². The lowest BCUT2D eigenvalue weighted by atomic mass is 9.99. The van der Waals surface area contributed by atoms with Crippen LogP contribution in [-0.4, -0.2) is 70.7 Å². The highest BCUT2D eigenvalue weighted by Gasteiger charge is 2.38. The molecule has 0 spiro atoms. The molecule has 2 saturated heterocycles. The summed E-state index contributed by atoms with van der Waals surface area (Å²) >= 11 is 0. The molecule has 4 atom stereocenters. The van der Waals surface area contributed by atoms with E-state index < -0.39 is 18.2 Å². The first-order valence-corrected chi connectivity index (χ1v) is 18.3. The van der Waals surface area contributed by atoms with Gasteiger partial charge in [0.1, 0.15) is 12.1 Å². The maximum atomic E-state index is 13.4. The van der Waals surface area contributed by atoms with Crippen LogP contribution in [0, 0.1) is 0 Å². The fraction of sp³-hybridized carbons (Fsp3) is 0.279. The maximum absolute atomic E-state index is 13.4. The Kier molecular flexibility index (Phi) is 11.0. The molecule has 1 aromatic heterocycles. The Morgan fingerprint density at radius 1 is 0.685 bits per heavy atom. The van der Waals surface area contributed by atoms with Crippen molar-refractivity contribution >= 4 is 35.0 Å².